The van der Waals surface area contributed by atoms with Gasteiger partial charge in [-0.1, -0.05) is 12.5 Å². The molecule has 3 N–H and O–H groups in total. The molecule has 0 aliphatic heterocycles. The fraction of sp³-hybridized carbons (Fsp3) is 0.350. The number of anilines is 1. The van der Waals surface area contributed by atoms with E-state index in [1.165, 1.54) is 6.07 Å². The number of H-pyrrole nitrogens is 1. The first kappa shape index (κ1) is 17.9. The Hall–Kier alpha value is -2.89. The first-order valence-electron chi connectivity index (χ1n) is 8.78. The van der Waals surface area contributed by atoms with Crippen LogP contribution in [0.2, 0.25) is 0 Å². The molecular formula is C20H22N2O4. The third kappa shape index (κ3) is 3.54. The quantitative estimate of drug-likeness (QED) is 0.737. The third-order valence-corrected chi connectivity index (χ3v) is 4.88. The molecule has 1 heterocycles. The second kappa shape index (κ2) is 7.15. The van der Waals surface area contributed by atoms with E-state index in [4.69, 9.17) is 0 Å². The molecule has 3 rings (SSSR count). The topological polar surface area (TPSA) is 99.3 Å². The predicted molar refractivity (Wildman–Crippen MR) is 99.2 cm³/mol. The van der Waals surface area contributed by atoms with E-state index in [2.05, 4.69) is 10.3 Å². The van der Waals surface area contributed by atoms with E-state index in [0.29, 0.717) is 11.3 Å². The van der Waals surface area contributed by atoms with Crippen LogP contribution in [0.25, 0.3) is 0 Å². The van der Waals surface area contributed by atoms with Crippen molar-refractivity contribution in [1.82, 2.24) is 4.98 Å². The number of carbonyl (C=O) groups is 2. The lowest BCUT2D eigenvalue weighted by Crippen LogP contribution is -2.25. The molecule has 26 heavy (non-hydrogen) atoms. The Bertz CT molecular complexity index is 944. The lowest BCUT2D eigenvalue weighted by Gasteiger charge is -2.12. The number of pyridine rings is 1. The lowest BCUT2D eigenvalue weighted by molar-refractivity contribution is 0.0695. The summed E-state index contributed by atoms with van der Waals surface area (Å²) in [5, 5.41) is 12.0. The van der Waals surface area contributed by atoms with Crippen molar-refractivity contribution in [3.63, 3.8) is 0 Å². The van der Waals surface area contributed by atoms with Crippen LogP contribution in [0.4, 0.5) is 5.69 Å². The van der Waals surface area contributed by atoms with Gasteiger partial charge in [0.05, 0.1) is 5.56 Å². The number of carboxylic acid groups (broad SMARTS) is 1. The van der Waals surface area contributed by atoms with Gasteiger partial charge in [-0.2, -0.15) is 0 Å². The molecule has 0 bridgehead atoms. The summed E-state index contributed by atoms with van der Waals surface area (Å²) in [5.41, 5.74) is 3.47. The molecule has 0 unspecified atom stereocenters. The summed E-state index contributed by atoms with van der Waals surface area (Å²) in [6.45, 7) is 3.49. The second-order valence-electron chi connectivity index (χ2n) is 6.82. The van der Waals surface area contributed by atoms with E-state index in [9.17, 15) is 19.5 Å². The van der Waals surface area contributed by atoms with E-state index in [-0.39, 0.29) is 11.1 Å². The number of carboxylic acids is 1. The molecule has 0 spiro atoms. The fourth-order valence-electron chi connectivity index (χ4n) is 3.43. The van der Waals surface area contributed by atoms with Gasteiger partial charge < -0.3 is 15.4 Å². The maximum atomic E-state index is 12.6. The molecule has 1 amide bonds. The van der Waals surface area contributed by atoms with Crippen molar-refractivity contribution >= 4 is 17.6 Å². The molecule has 1 aromatic heterocycles. The van der Waals surface area contributed by atoms with Crippen LogP contribution in [0.5, 0.6) is 0 Å². The van der Waals surface area contributed by atoms with Crippen molar-refractivity contribution in [2.45, 2.75) is 46.0 Å². The number of aromatic carboxylic acids is 1. The van der Waals surface area contributed by atoms with Gasteiger partial charge in [0.25, 0.3) is 11.5 Å². The van der Waals surface area contributed by atoms with Crippen LogP contribution in [0.3, 0.4) is 0 Å². The standard InChI is InChI=1S/C20H22N2O4/c1-11-8-12(2)17(10-14(11)20(25)26)22-19(24)15-9-13-6-4-3-5-7-16(13)21-18(15)23/h8-10H,3-7H2,1-2H3,(H,21,23)(H,22,24)(H,25,26). The number of amides is 1. The summed E-state index contributed by atoms with van der Waals surface area (Å²) in [6.07, 6.45) is 4.86. The Morgan fingerprint density at radius 1 is 1.00 bits per heavy atom. The minimum Gasteiger partial charge on any atom is -0.478 e. The maximum absolute atomic E-state index is 12.6. The van der Waals surface area contributed by atoms with Crippen LogP contribution in [-0.4, -0.2) is 22.0 Å². The largest absolute Gasteiger partial charge is 0.478 e. The zero-order valence-electron chi connectivity index (χ0n) is 14.9. The average molecular weight is 354 g/mol. The lowest BCUT2D eigenvalue weighted by atomic mass is 10.0. The van der Waals surface area contributed by atoms with E-state index in [1.807, 2.05) is 0 Å². The van der Waals surface area contributed by atoms with Crippen LogP contribution in [0.1, 0.15) is 62.4 Å². The van der Waals surface area contributed by atoms with Crippen LogP contribution < -0.4 is 10.9 Å². The van der Waals surface area contributed by atoms with Gasteiger partial charge >= 0.3 is 5.97 Å². The summed E-state index contributed by atoms with van der Waals surface area (Å²) in [5.74, 6) is -1.58. The molecule has 1 aliphatic rings. The summed E-state index contributed by atoms with van der Waals surface area (Å²) in [4.78, 5) is 39.2. The molecule has 136 valence electrons. The Morgan fingerprint density at radius 3 is 2.46 bits per heavy atom. The molecule has 1 aromatic carbocycles. The van der Waals surface area contributed by atoms with Gasteiger partial charge in [0, 0.05) is 11.4 Å². The molecule has 1 aliphatic carbocycles. The number of benzene rings is 1. The molecule has 0 atom stereocenters. The summed E-state index contributed by atoms with van der Waals surface area (Å²) in [7, 11) is 0. The average Bonchev–Trinajstić information content (AvgIpc) is 2.80. The van der Waals surface area contributed by atoms with Crippen LogP contribution in [-0.2, 0) is 12.8 Å². The van der Waals surface area contributed by atoms with E-state index in [1.54, 1.807) is 26.0 Å². The van der Waals surface area contributed by atoms with Gasteiger partial charge in [0.1, 0.15) is 5.56 Å². The van der Waals surface area contributed by atoms with Gasteiger partial charge in [-0.15, -0.1) is 0 Å². The predicted octanol–water partition coefficient (Wildman–Crippen LogP) is 3.21. The van der Waals surface area contributed by atoms with Crippen molar-refractivity contribution in [1.29, 1.82) is 0 Å². The molecule has 0 saturated carbocycles. The van der Waals surface area contributed by atoms with Gasteiger partial charge in [0.15, 0.2) is 0 Å². The minimum absolute atomic E-state index is 0.0579. The Kier molecular flexibility index (Phi) is 4.93. The van der Waals surface area contributed by atoms with Gasteiger partial charge in [-0.05, 0) is 68.4 Å². The zero-order valence-corrected chi connectivity index (χ0v) is 14.9. The molecule has 0 radical (unpaired) electrons. The maximum Gasteiger partial charge on any atom is 0.336 e. The Balaban J connectivity index is 1.94. The SMILES string of the molecule is Cc1cc(C)c(C(=O)O)cc1NC(=O)c1cc2c([nH]c1=O)CCCCC2. The number of nitrogens with one attached hydrogen (secondary N) is 2. The number of rotatable bonds is 3. The van der Waals surface area contributed by atoms with Crippen molar-refractivity contribution in [2.75, 3.05) is 5.32 Å². The number of hydrogen-bond acceptors (Lipinski definition) is 3. The van der Waals surface area contributed by atoms with Crippen molar-refractivity contribution in [3.05, 3.63) is 62.1 Å². The highest BCUT2D eigenvalue weighted by atomic mass is 16.4. The number of hydrogen-bond donors (Lipinski definition) is 3. The zero-order chi connectivity index (χ0) is 18.8. The first-order chi connectivity index (χ1) is 12.4. The number of carbonyl (C=O) groups excluding carboxylic acids is 1. The van der Waals surface area contributed by atoms with Crippen molar-refractivity contribution in [2.24, 2.45) is 0 Å². The second-order valence-corrected chi connectivity index (χ2v) is 6.82. The van der Waals surface area contributed by atoms with Gasteiger partial charge in [-0.25, -0.2) is 4.79 Å². The van der Waals surface area contributed by atoms with Crippen LogP contribution in [0, 0.1) is 13.8 Å². The number of aryl methyl sites for hydroxylation is 4. The van der Waals surface area contributed by atoms with Crippen molar-refractivity contribution < 1.29 is 14.7 Å². The van der Waals surface area contributed by atoms with Gasteiger partial charge in [0.2, 0.25) is 0 Å². The van der Waals surface area contributed by atoms with E-state index >= 15 is 0 Å². The minimum atomic E-state index is -1.05. The Labute approximate surface area is 151 Å². The fourth-order valence-corrected chi connectivity index (χ4v) is 3.43. The summed E-state index contributed by atoms with van der Waals surface area (Å²) >= 11 is 0. The highest BCUT2D eigenvalue weighted by Crippen LogP contribution is 2.22. The van der Waals surface area contributed by atoms with E-state index < -0.39 is 17.4 Å². The number of aromatic amines is 1. The molecule has 0 saturated heterocycles. The van der Waals surface area contributed by atoms with Crippen LogP contribution >= 0.6 is 0 Å². The summed E-state index contributed by atoms with van der Waals surface area (Å²) < 4.78 is 0. The Morgan fingerprint density at radius 2 is 1.73 bits per heavy atom. The normalized spacial score (nSPS) is 13.6. The molecule has 2 aromatic rings. The van der Waals surface area contributed by atoms with Crippen molar-refractivity contribution in [3.8, 4) is 0 Å². The first-order valence-corrected chi connectivity index (χ1v) is 8.78. The monoisotopic (exact) mass is 354 g/mol. The third-order valence-electron chi connectivity index (χ3n) is 4.88. The highest BCUT2D eigenvalue weighted by Gasteiger charge is 2.18. The summed E-state index contributed by atoms with van der Waals surface area (Å²) in [6, 6.07) is 4.82. The molecular weight excluding hydrogens is 332 g/mol. The molecule has 6 nitrogen and oxygen atoms in total. The highest BCUT2D eigenvalue weighted by molar-refractivity contribution is 6.05. The number of aromatic nitrogens is 1. The number of fused-ring (bicyclic) bond motifs is 1. The molecule has 6 heteroatoms. The van der Waals surface area contributed by atoms with Crippen LogP contribution in [0.15, 0.2) is 23.0 Å². The smallest absolute Gasteiger partial charge is 0.336 e. The van der Waals surface area contributed by atoms with E-state index in [0.717, 1.165) is 48.9 Å². The molecule has 0 fully saturated rings. The van der Waals surface area contributed by atoms with Gasteiger partial charge in [-0.3, -0.25) is 9.59 Å².